The number of nitrogens with zero attached hydrogens (tertiary/aromatic N) is 2. The van der Waals surface area contributed by atoms with E-state index in [1.54, 1.807) is 6.07 Å². The number of fused-ring (bicyclic) bond motifs is 2. The lowest BCUT2D eigenvalue weighted by Gasteiger charge is -2.49. The first-order chi connectivity index (χ1) is 13.5. The summed E-state index contributed by atoms with van der Waals surface area (Å²) in [5.41, 5.74) is 3.79. The maximum absolute atomic E-state index is 13.4. The minimum Gasteiger partial charge on any atom is -0.342 e. The van der Waals surface area contributed by atoms with Crippen LogP contribution >= 0.6 is 0 Å². The molecular weight excluding hydrogens is 351 g/mol. The average molecular weight is 381 g/mol. The molecule has 1 amide bonds. The number of halogens is 1. The van der Waals surface area contributed by atoms with Gasteiger partial charge in [-0.3, -0.25) is 9.69 Å². The van der Waals surface area contributed by atoms with E-state index in [4.69, 9.17) is 0 Å². The Balaban J connectivity index is 1.49. The SMILES string of the molecule is CC(C)N1Cc2ccccc2C2(CCN(C(=O)Cc3cccc(F)c3)CC2)C1. The summed E-state index contributed by atoms with van der Waals surface area (Å²) in [4.78, 5) is 17.3. The molecule has 3 nitrogen and oxygen atoms in total. The predicted molar refractivity (Wildman–Crippen MR) is 110 cm³/mol. The molecule has 148 valence electrons. The predicted octanol–water partition coefficient (Wildman–Crippen LogP) is 4.15. The van der Waals surface area contributed by atoms with Crippen molar-refractivity contribution in [3.05, 3.63) is 71.0 Å². The Morgan fingerprint density at radius 1 is 1.11 bits per heavy atom. The number of hydrogen-bond donors (Lipinski definition) is 0. The number of benzene rings is 2. The van der Waals surface area contributed by atoms with Crippen LogP contribution in [0.5, 0.6) is 0 Å². The van der Waals surface area contributed by atoms with Crippen LogP contribution in [0.3, 0.4) is 0 Å². The third-order valence-corrected chi connectivity index (χ3v) is 6.52. The molecule has 4 rings (SSSR count). The summed E-state index contributed by atoms with van der Waals surface area (Å²) in [6.07, 6.45) is 2.25. The topological polar surface area (TPSA) is 23.6 Å². The van der Waals surface area contributed by atoms with E-state index in [0.29, 0.717) is 6.04 Å². The van der Waals surface area contributed by atoms with Crippen LogP contribution < -0.4 is 0 Å². The molecule has 0 radical (unpaired) electrons. The largest absolute Gasteiger partial charge is 0.342 e. The van der Waals surface area contributed by atoms with Crippen LogP contribution in [-0.2, 0) is 23.2 Å². The zero-order valence-electron chi connectivity index (χ0n) is 16.8. The molecule has 2 aromatic rings. The Morgan fingerprint density at radius 2 is 1.86 bits per heavy atom. The number of carbonyl (C=O) groups excluding carboxylic acids is 1. The molecule has 0 atom stereocenters. The van der Waals surface area contributed by atoms with Gasteiger partial charge in [-0.15, -0.1) is 0 Å². The van der Waals surface area contributed by atoms with Gasteiger partial charge in [0.15, 0.2) is 0 Å². The zero-order chi connectivity index (χ0) is 19.7. The molecule has 0 unspecified atom stereocenters. The molecule has 0 N–H and O–H groups in total. The highest BCUT2D eigenvalue weighted by molar-refractivity contribution is 5.79. The first-order valence-electron chi connectivity index (χ1n) is 10.3. The minimum atomic E-state index is -0.282. The molecule has 28 heavy (non-hydrogen) atoms. The van der Waals surface area contributed by atoms with E-state index in [1.165, 1.54) is 23.3 Å². The molecule has 4 heteroatoms. The van der Waals surface area contributed by atoms with E-state index in [2.05, 4.69) is 43.0 Å². The molecule has 2 heterocycles. The second-order valence-corrected chi connectivity index (χ2v) is 8.62. The second kappa shape index (κ2) is 7.67. The van der Waals surface area contributed by atoms with Crippen LogP contribution in [0.25, 0.3) is 0 Å². The van der Waals surface area contributed by atoms with Crippen LogP contribution in [0.2, 0.25) is 0 Å². The molecule has 0 aromatic heterocycles. The smallest absolute Gasteiger partial charge is 0.226 e. The molecule has 2 aliphatic rings. The Kier molecular flexibility index (Phi) is 5.24. The van der Waals surface area contributed by atoms with Gasteiger partial charge in [0, 0.05) is 37.6 Å². The minimum absolute atomic E-state index is 0.102. The summed E-state index contributed by atoms with van der Waals surface area (Å²) < 4.78 is 13.4. The number of likely N-dealkylation sites (tertiary alicyclic amines) is 1. The lowest BCUT2D eigenvalue weighted by molar-refractivity contribution is -0.132. The fourth-order valence-electron chi connectivity index (χ4n) is 4.83. The van der Waals surface area contributed by atoms with Gasteiger partial charge in [0.05, 0.1) is 6.42 Å². The monoisotopic (exact) mass is 380 g/mol. The summed E-state index contributed by atoms with van der Waals surface area (Å²) in [7, 11) is 0. The van der Waals surface area contributed by atoms with Gasteiger partial charge in [0.1, 0.15) is 5.82 Å². The lowest BCUT2D eigenvalue weighted by atomic mass is 9.68. The summed E-state index contributed by atoms with van der Waals surface area (Å²) in [6, 6.07) is 15.7. The molecule has 1 spiro atoms. The van der Waals surface area contributed by atoms with Gasteiger partial charge in [-0.05, 0) is 55.5 Å². The maximum Gasteiger partial charge on any atom is 0.226 e. The van der Waals surface area contributed by atoms with Crippen molar-refractivity contribution < 1.29 is 9.18 Å². The van der Waals surface area contributed by atoms with Crippen molar-refractivity contribution in [2.24, 2.45) is 0 Å². The number of piperidine rings is 1. The van der Waals surface area contributed by atoms with Crippen LogP contribution in [0.4, 0.5) is 4.39 Å². The average Bonchev–Trinajstić information content (AvgIpc) is 2.68. The van der Waals surface area contributed by atoms with E-state index < -0.39 is 0 Å². The Hall–Kier alpha value is -2.20. The fraction of sp³-hybridized carbons (Fsp3) is 0.458. The Labute approximate surface area is 167 Å². The van der Waals surface area contributed by atoms with Crippen molar-refractivity contribution in [3.63, 3.8) is 0 Å². The van der Waals surface area contributed by atoms with E-state index >= 15 is 0 Å². The summed E-state index contributed by atoms with van der Waals surface area (Å²) in [6.45, 7) is 8.15. The van der Waals surface area contributed by atoms with Crippen molar-refractivity contribution in [2.75, 3.05) is 19.6 Å². The molecule has 1 saturated heterocycles. The van der Waals surface area contributed by atoms with Gasteiger partial charge < -0.3 is 4.90 Å². The van der Waals surface area contributed by atoms with Gasteiger partial charge in [0.25, 0.3) is 0 Å². The van der Waals surface area contributed by atoms with Gasteiger partial charge in [0.2, 0.25) is 5.91 Å². The van der Waals surface area contributed by atoms with E-state index in [-0.39, 0.29) is 23.6 Å². The zero-order valence-corrected chi connectivity index (χ0v) is 16.8. The van der Waals surface area contributed by atoms with Gasteiger partial charge in [-0.1, -0.05) is 36.4 Å². The summed E-state index contributed by atoms with van der Waals surface area (Å²) in [5, 5.41) is 0. The number of rotatable bonds is 3. The molecule has 2 aliphatic heterocycles. The molecular formula is C24H29FN2O. The van der Waals surface area contributed by atoms with E-state index in [1.807, 2.05) is 11.0 Å². The highest BCUT2D eigenvalue weighted by atomic mass is 19.1. The van der Waals surface area contributed by atoms with Crippen LogP contribution in [0.1, 0.15) is 43.4 Å². The van der Waals surface area contributed by atoms with Gasteiger partial charge in [-0.2, -0.15) is 0 Å². The first kappa shape index (κ1) is 19.1. The van der Waals surface area contributed by atoms with Crippen LogP contribution in [0.15, 0.2) is 48.5 Å². The Morgan fingerprint density at radius 3 is 2.57 bits per heavy atom. The van der Waals surface area contributed by atoms with Gasteiger partial charge >= 0.3 is 0 Å². The third-order valence-electron chi connectivity index (χ3n) is 6.52. The van der Waals surface area contributed by atoms with Crippen molar-refractivity contribution in [1.82, 2.24) is 9.80 Å². The number of carbonyl (C=O) groups is 1. The van der Waals surface area contributed by atoms with Gasteiger partial charge in [-0.25, -0.2) is 4.39 Å². The maximum atomic E-state index is 13.4. The number of hydrogen-bond acceptors (Lipinski definition) is 2. The second-order valence-electron chi connectivity index (χ2n) is 8.62. The van der Waals surface area contributed by atoms with E-state index in [9.17, 15) is 9.18 Å². The van der Waals surface area contributed by atoms with Crippen LogP contribution in [0, 0.1) is 5.82 Å². The molecule has 1 fully saturated rings. The summed E-state index contributed by atoms with van der Waals surface area (Å²) >= 11 is 0. The molecule has 0 bridgehead atoms. The highest BCUT2D eigenvalue weighted by Crippen LogP contribution is 2.42. The van der Waals surface area contributed by atoms with Crippen molar-refractivity contribution in [2.45, 2.75) is 51.1 Å². The van der Waals surface area contributed by atoms with Crippen molar-refractivity contribution in [3.8, 4) is 0 Å². The standard InChI is InChI=1S/C24H29FN2O/c1-18(2)27-16-20-7-3-4-9-22(20)24(17-27)10-12-26(13-11-24)23(28)15-19-6-5-8-21(25)14-19/h3-9,14,18H,10-13,15-17H2,1-2H3. The quantitative estimate of drug-likeness (QED) is 0.799. The van der Waals surface area contributed by atoms with Crippen molar-refractivity contribution >= 4 is 5.91 Å². The first-order valence-corrected chi connectivity index (χ1v) is 10.3. The Bertz CT molecular complexity index is 855. The van der Waals surface area contributed by atoms with Crippen LogP contribution in [-0.4, -0.2) is 41.4 Å². The fourth-order valence-corrected chi connectivity index (χ4v) is 4.83. The lowest BCUT2D eigenvalue weighted by Crippen LogP contribution is -2.54. The highest BCUT2D eigenvalue weighted by Gasteiger charge is 2.42. The molecule has 2 aromatic carbocycles. The van der Waals surface area contributed by atoms with Crippen molar-refractivity contribution in [1.29, 1.82) is 0 Å². The molecule has 0 aliphatic carbocycles. The third kappa shape index (κ3) is 3.70. The van der Waals surface area contributed by atoms with E-state index in [0.717, 1.165) is 44.6 Å². The normalized spacial score (nSPS) is 19.1. The summed E-state index contributed by atoms with van der Waals surface area (Å²) in [5.74, 6) is -0.180. The number of amides is 1. The molecule has 0 saturated carbocycles.